The van der Waals surface area contributed by atoms with E-state index in [0.29, 0.717) is 18.1 Å². The third kappa shape index (κ3) is 2.33. The van der Waals surface area contributed by atoms with Crippen LogP contribution < -0.4 is 11.1 Å². The minimum atomic E-state index is -0.220. The number of carbonyl (C=O) groups is 1. The van der Waals surface area contributed by atoms with Gasteiger partial charge >= 0.3 is 0 Å². The maximum Gasteiger partial charge on any atom is 0.269 e. The smallest absolute Gasteiger partial charge is 0.269 e. The average molecular weight is 266 g/mol. The first kappa shape index (κ1) is 12.2. The highest BCUT2D eigenvalue weighted by Gasteiger charge is 2.09. The van der Waals surface area contributed by atoms with Crippen LogP contribution in [0.1, 0.15) is 16.1 Å². The van der Waals surface area contributed by atoms with Gasteiger partial charge in [-0.25, -0.2) is 0 Å². The van der Waals surface area contributed by atoms with Gasteiger partial charge in [0.05, 0.1) is 0 Å². The van der Waals surface area contributed by atoms with Crippen LogP contribution in [0.25, 0.3) is 10.8 Å². The van der Waals surface area contributed by atoms with E-state index in [4.69, 9.17) is 5.73 Å². The molecule has 1 aromatic heterocycles. The number of rotatable bonds is 3. The highest BCUT2D eigenvalue weighted by Crippen LogP contribution is 2.18. The van der Waals surface area contributed by atoms with Gasteiger partial charge in [-0.2, -0.15) is 5.10 Å². The molecule has 1 heterocycles. The molecule has 0 radical (unpaired) electrons. The molecule has 1 amide bonds. The molecule has 5 heteroatoms. The van der Waals surface area contributed by atoms with Crippen molar-refractivity contribution < 1.29 is 4.79 Å². The van der Waals surface area contributed by atoms with Crippen LogP contribution in [0.3, 0.4) is 0 Å². The van der Waals surface area contributed by atoms with Crippen LogP contribution in [0.5, 0.6) is 0 Å². The Morgan fingerprint density at radius 1 is 1.20 bits per heavy atom. The number of anilines is 1. The first-order valence-corrected chi connectivity index (χ1v) is 6.30. The predicted molar refractivity (Wildman–Crippen MR) is 78.1 cm³/mol. The Kier molecular flexibility index (Phi) is 3.09. The summed E-state index contributed by atoms with van der Waals surface area (Å²) in [5, 5.41) is 11.5. The average Bonchev–Trinajstić information content (AvgIpc) is 2.91. The molecule has 4 N–H and O–H groups in total. The van der Waals surface area contributed by atoms with E-state index >= 15 is 0 Å². The van der Waals surface area contributed by atoms with Gasteiger partial charge in [-0.15, -0.1) is 0 Å². The lowest BCUT2D eigenvalue weighted by molar-refractivity contribution is 0.0946. The molecule has 0 atom stereocenters. The number of hydrogen-bond donors (Lipinski definition) is 3. The fourth-order valence-electron chi connectivity index (χ4n) is 2.17. The summed E-state index contributed by atoms with van der Waals surface area (Å²) in [4.78, 5) is 11.9. The maximum absolute atomic E-state index is 11.9. The number of fused-ring (bicyclic) bond motifs is 1. The van der Waals surface area contributed by atoms with Crippen molar-refractivity contribution in [3.05, 3.63) is 59.8 Å². The van der Waals surface area contributed by atoms with Crippen molar-refractivity contribution in [3.8, 4) is 0 Å². The number of nitrogens with two attached hydrogens (primary N) is 1. The minimum Gasteiger partial charge on any atom is -0.382 e. The van der Waals surface area contributed by atoms with Gasteiger partial charge in [-0.05, 0) is 16.3 Å². The van der Waals surface area contributed by atoms with Crippen molar-refractivity contribution in [2.45, 2.75) is 6.54 Å². The summed E-state index contributed by atoms with van der Waals surface area (Å²) in [5.74, 6) is 0.0856. The largest absolute Gasteiger partial charge is 0.382 e. The van der Waals surface area contributed by atoms with Crippen LogP contribution in [-0.4, -0.2) is 16.1 Å². The fourth-order valence-corrected chi connectivity index (χ4v) is 2.17. The molecule has 0 bridgehead atoms. The zero-order chi connectivity index (χ0) is 13.9. The summed E-state index contributed by atoms with van der Waals surface area (Å²) < 4.78 is 0. The number of nitrogen functional groups attached to an aromatic ring is 1. The molecular weight excluding hydrogens is 252 g/mol. The Labute approximate surface area is 115 Å². The van der Waals surface area contributed by atoms with Crippen molar-refractivity contribution in [2.75, 3.05) is 5.73 Å². The van der Waals surface area contributed by atoms with Crippen LogP contribution in [0, 0.1) is 0 Å². The third-order valence-corrected chi connectivity index (χ3v) is 3.16. The number of aromatic nitrogens is 2. The van der Waals surface area contributed by atoms with Crippen molar-refractivity contribution >= 4 is 22.5 Å². The van der Waals surface area contributed by atoms with Gasteiger partial charge in [-0.3, -0.25) is 9.89 Å². The van der Waals surface area contributed by atoms with Gasteiger partial charge in [0.25, 0.3) is 5.91 Å². The van der Waals surface area contributed by atoms with Crippen molar-refractivity contribution in [1.82, 2.24) is 15.5 Å². The molecule has 5 nitrogen and oxygen atoms in total. The lowest BCUT2D eigenvalue weighted by Gasteiger charge is -2.07. The molecule has 0 saturated heterocycles. The summed E-state index contributed by atoms with van der Waals surface area (Å²) in [6, 6.07) is 15.6. The molecule has 3 aromatic rings. The summed E-state index contributed by atoms with van der Waals surface area (Å²) in [6.45, 7) is 0.457. The quantitative estimate of drug-likeness (QED) is 0.678. The molecule has 0 spiro atoms. The van der Waals surface area contributed by atoms with Gasteiger partial charge in [0.2, 0.25) is 0 Å². The first-order chi connectivity index (χ1) is 9.74. The van der Waals surface area contributed by atoms with E-state index in [1.165, 1.54) is 6.07 Å². The Morgan fingerprint density at radius 3 is 2.80 bits per heavy atom. The number of nitrogens with zero attached hydrogens (tertiary/aromatic N) is 1. The van der Waals surface area contributed by atoms with Crippen molar-refractivity contribution in [1.29, 1.82) is 0 Å². The SMILES string of the molecule is Nc1cc(C(=O)NCc2cccc3ccccc23)[nH]n1. The molecule has 0 fully saturated rings. The van der Waals surface area contributed by atoms with Crippen LogP contribution in [0.15, 0.2) is 48.5 Å². The number of aromatic amines is 1. The van der Waals surface area contributed by atoms with Crippen molar-refractivity contribution in [2.24, 2.45) is 0 Å². The highest BCUT2D eigenvalue weighted by atomic mass is 16.1. The fraction of sp³-hybridized carbons (Fsp3) is 0.0667. The van der Waals surface area contributed by atoms with Gasteiger partial charge in [0, 0.05) is 12.6 Å². The van der Waals surface area contributed by atoms with Gasteiger partial charge in [-0.1, -0.05) is 42.5 Å². The first-order valence-electron chi connectivity index (χ1n) is 6.30. The maximum atomic E-state index is 11.9. The lowest BCUT2D eigenvalue weighted by Crippen LogP contribution is -2.23. The number of H-pyrrole nitrogens is 1. The molecule has 0 aliphatic heterocycles. The van der Waals surface area contributed by atoms with Crippen molar-refractivity contribution in [3.63, 3.8) is 0 Å². The number of carbonyl (C=O) groups excluding carboxylic acids is 1. The van der Waals surface area contributed by atoms with E-state index in [2.05, 4.69) is 27.6 Å². The van der Waals surface area contributed by atoms with E-state index in [1.807, 2.05) is 30.3 Å². The Balaban J connectivity index is 1.79. The molecule has 0 aliphatic rings. The van der Waals surface area contributed by atoms with Gasteiger partial charge < -0.3 is 11.1 Å². The summed E-state index contributed by atoms with van der Waals surface area (Å²) in [7, 11) is 0. The molecule has 100 valence electrons. The van der Waals surface area contributed by atoms with Crippen LogP contribution in [-0.2, 0) is 6.54 Å². The van der Waals surface area contributed by atoms with E-state index in [-0.39, 0.29) is 5.91 Å². The lowest BCUT2D eigenvalue weighted by atomic mass is 10.0. The van der Waals surface area contributed by atoms with Crippen LogP contribution in [0.2, 0.25) is 0 Å². The second-order valence-electron chi connectivity index (χ2n) is 4.53. The molecule has 0 aliphatic carbocycles. The number of nitrogens with one attached hydrogen (secondary N) is 2. The predicted octanol–water partition coefficient (Wildman–Crippen LogP) is 2.08. The Hall–Kier alpha value is -2.82. The number of amides is 1. The van der Waals surface area contributed by atoms with Gasteiger partial charge in [0.1, 0.15) is 11.5 Å². The molecule has 0 unspecified atom stereocenters. The molecular formula is C15H14N4O. The molecule has 20 heavy (non-hydrogen) atoms. The third-order valence-electron chi connectivity index (χ3n) is 3.16. The Bertz CT molecular complexity index is 758. The molecule has 3 rings (SSSR count). The summed E-state index contributed by atoms with van der Waals surface area (Å²) in [6.07, 6.45) is 0. The highest BCUT2D eigenvalue weighted by molar-refractivity contribution is 5.93. The summed E-state index contributed by atoms with van der Waals surface area (Å²) >= 11 is 0. The summed E-state index contributed by atoms with van der Waals surface area (Å²) in [5.41, 5.74) is 6.91. The van der Waals surface area contributed by atoms with Crippen LogP contribution >= 0.6 is 0 Å². The van der Waals surface area contributed by atoms with E-state index in [0.717, 1.165) is 16.3 Å². The normalized spacial score (nSPS) is 10.6. The topological polar surface area (TPSA) is 83.8 Å². The Morgan fingerprint density at radius 2 is 2.00 bits per heavy atom. The number of benzene rings is 2. The molecule has 2 aromatic carbocycles. The monoisotopic (exact) mass is 266 g/mol. The number of hydrogen-bond acceptors (Lipinski definition) is 3. The minimum absolute atomic E-state index is 0.220. The van der Waals surface area contributed by atoms with E-state index in [9.17, 15) is 4.79 Å². The standard InChI is InChI=1S/C15H14N4O/c16-14-8-13(18-19-14)15(20)17-9-11-6-3-5-10-4-1-2-7-12(10)11/h1-8H,9H2,(H,17,20)(H3,16,18,19). The zero-order valence-electron chi connectivity index (χ0n) is 10.8. The van der Waals surface area contributed by atoms with E-state index in [1.54, 1.807) is 0 Å². The van der Waals surface area contributed by atoms with Crippen LogP contribution in [0.4, 0.5) is 5.82 Å². The van der Waals surface area contributed by atoms with E-state index < -0.39 is 0 Å². The molecule has 0 saturated carbocycles. The van der Waals surface area contributed by atoms with Gasteiger partial charge in [0.15, 0.2) is 0 Å². The second kappa shape index (κ2) is 5.05. The zero-order valence-corrected chi connectivity index (χ0v) is 10.8. The second-order valence-corrected chi connectivity index (χ2v) is 4.53.